The molecule has 0 radical (unpaired) electrons. The zero-order chi connectivity index (χ0) is 16.0. The third kappa shape index (κ3) is 4.03. The molecule has 0 aromatic heterocycles. The van der Waals surface area contributed by atoms with Gasteiger partial charge in [-0.15, -0.1) is 0 Å². The van der Waals surface area contributed by atoms with Crippen LogP contribution in [0, 0.1) is 0 Å². The number of nitrogens with one attached hydrogen (secondary N) is 2. The van der Waals surface area contributed by atoms with Gasteiger partial charge in [-0.05, 0) is 54.9 Å². The summed E-state index contributed by atoms with van der Waals surface area (Å²) in [6.07, 6.45) is 0.806. The van der Waals surface area contributed by atoms with Crippen LogP contribution in [0.4, 0.5) is 0 Å². The van der Waals surface area contributed by atoms with E-state index in [1.165, 1.54) is 29.5 Å². The van der Waals surface area contributed by atoms with E-state index in [1.54, 1.807) is 0 Å². The summed E-state index contributed by atoms with van der Waals surface area (Å²) in [5.41, 5.74) is 6.61. The van der Waals surface area contributed by atoms with E-state index >= 15 is 0 Å². The molecule has 0 bridgehead atoms. The fraction of sp³-hybridized carbons (Fsp3) is 0.143. The standard InChI is InChI=1S/C14H16N4O3S/c15-10-9-11-1-3-12(4-2-11)21-13-5-7-14(8-6-13)22(19,20)18-17-16/h1-8,17H,9-10,15H2,(H-,16,18). The molecule has 2 aromatic carbocycles. The fourth-order valence-corrected chi connectivity index (χ4v) is 2.52. The van der Waals surface area contributed by atoms with Crippen molar-refractivity contribution in [3.63, 3.8) is 0 Å². The number of nitrogens with zero attached hydrogens (tertiary/aromatic N) is 1. The van der Waals surface area contributed by atoms with Crippen molar-refractivity contribution in [1.29, 1.82) is 0 Å². The van der Waals surface area contributed by atoms with Gasteiger partial charge >= 0.3 is 0 Å². The van der Waals surface area contributed by atoms with Crippen LogP contribution in [0.3, 0.4) is 0 Å². The van der Waals surface area contributed by atoms with Crippen LogP contribution in [0.25, 0.3) is 5.84 Å². The lowest BCUT2D eigenvalue weighted by atomic mass is 10.1. The summed E-state index contributed by atoms with van der Waals surface area (Å²) in [5.74, 6) is 7.77. The molecule has 0 atom stereocenters. The van der Waals surface area contributed by atoms with Gasteiger partial charge in [-0.25, -0.2) is 14.3 Å². The molecule has 0 aliphatic heterocycles. The Labute approximate surface area is 128 Å². The predicted octanol–water partition coefficient (Wildman–Crippen LogP) is 1.17. The summed E-state index contributed by atoms with van der Waals surface area (Å²) >= 11 is 0. The second kappa shape index (κ2) is 7.01. The lowest BCUT2D eigenvalue weighted by Crippen LogP contribution is -2.54. The first-order chi connectivity index (χ1) is 10.5. The smallest absolute Gasteiger partial charge is 0.249 e. The minimum Gasteiger partial charge on any atom is -0.457 e. The van der Waals surface area contributed by atoms with Gasteiger partial charge in [0.15, 0.2) is 0 Å². The Balaban J connectivity index is 2.11. The Morgan fingerprint density at radius 2 is 1.59 bits per heavy atom. The van der Waals surface area contributed by atoms with Crippen LogP contribution in [0.2, 0.25) is 0 Å². The largest absolute Gasteiger partial charge is 0.457 e. The molecule has 7 nitrogen and oxygen atoms in total. The Hall–Kier alpha value is -2.45. The molecule has 0 spiro atoms. The van der Waals surface area contributed by atoms with Gasteiger partial charge in [-0.1, -0.05) is 16.7 Å². The van der Waals surface area contributed by atoms with Gasteiger partial charge in [0.2, 0.25) is 10.0 Å². The summed E-state index contributed by atoms with van der Waals surface area (Å²) in [7, 11) is -3.85. The van der Waals surface area contributed by atoms with Gasteiger partial charge in [0.25, 0.3) is 0 Å². The minimum atomic E-state index is -3.85. The monoisotopic (exact) mass is 320 g/mol. The second-order valence-electron chi connectivity index (χ2n) is 4.43. The first kappa shape index (κ1) is 15.9. The molecule has 2 aromatic rings. The quantitative estimate of drug-likeness (QED) is 0.613. The third-order valence-corrected chi connectivity index (χ3v) is 4.08. The molecule has 0 unspecified atom stereocenters. The van der Waals surface area contributed by atoms with E-state index in [0.717, 1.165) is 12.0 Å². The highest BCUT2D eigenvalue weighted by molar-refractivity contribution is 7.89. The van der Waals surface area contributed by atoms with Crippen LogP contribution < -0.4 is 15.7 Å². The maximum Gasteiger partial charge on any atom is 0.249 e. The number of benzene rings is 2. The maximum absolute atomic E-state index is 11.6. The molecule has 22 heavy (non-hydrogen) atoms. The number of nitrogens with two attached hydrogens (primary N) is 1. The second-order valence-corrected chi connectivity index (χ2v) is 6.04. The molecule has 4 N–H and O–H groups in total. The zero-order valence-electron chi connectivity index (χ0n) is 11.7. The zero-order valence-corrected chi connectivity index (χ0v) is 12.5. The molecule has 0 aliphatic carbocycles. The molecule has 116 valence electrons. The maximum atomic E-state index is 11.6. The predicted molar refractivity (Wildman–Crippen MR) is 80.6 cm³/mol. The SMILES string of the molecule is [NH-][NH+]=NS(=O)(=O)c1ccc(Oc2ccc(CCN)cc2)cc1. The van der Waals surface area contributed by atoms with Crippen molar-refractivity contribution in [3.05, 3.63) is 59.9 Å². The van der Waals surface area contributed by atoms with E-state index < -0.39 is 10.0 Å². The third-order valence-electron chi connectivity index (χ3n) is 2.88. The normalized spacial score (nSPS) is 11.7. The van der Waals surface area contributed by atoms with Crippen LogP contribution in [-0.2, 0) is 16.4 Å². The van der Waals surface area contributed by atoms with Crippen molar-refractivity contribution >= 4 is 10.0 Å². The van der Waals surface area contributed by atoms with Crippen LogP contribution in [0.1, 0.15) is 5.56 Å². The summed E-state index contributed by atoms with van der Waals surface area (Å²) in [6.45, 7) is 0.592. The van der Waals surface area contributed by atoms with Crippen molar-refractivity contribution in [2.45, 2.75) is 11.3 Å². The summed E-state index contributed by atoms with van der Waals surface area (Å²) in [6, 6.07) is 13.3. The highest BCUT2D eigenvalue weighted by Gasteiger charge is 2.10. The van der Waals surface area contributed by atoms with E-state index in [1.807, 2.05) is 24.3 Å². The van der Waals surface area contributed by atoms with Crippen molar-refractivity contribution in [3.8, 4) is 11.5 Å². The van der Waals surface area contributed by atoms with Gasteiger partial charge in [-0.2, -0.15) is 5.22 Å². The molecule has 0 saturated carbocycles. The average Bonchev–Trinajstić information content (AvgIpc) is 2.50. The Morgan fingerprint density at radius 1 is 1.05 bits per heavy atom. The molecular formula is C14H16N4O3S. The Bertz CT molecular complexity index is 741. The summed E-state index contributed by atoms with van der Waals surface area (Å²) < 4.78 is 31.8. The lowest BCUT2D eigenvalue weighted by molar-refractivity contribution is -0.446. The Morgan fingerprint density at radius 3 is 2.09 bits per heavy atom. The van der Waals surface area contributed by atoms with Gasteiger partial charge in [-0.3, -0.25) is 0 Å². The van der Waals surface area contributed by atoms with Crippen molar-refractivity contribution in [2.75, 3.05) is 6.54 Å². The average molecular weight is 320 g/mol. The van der Waals surface area contributed by atoms with Crippen LogP contribution in [0.15, 0.2) is 57.9 Å². The number of hydrogen-bond acceptors (Lipinski definition) is 4. The van der Waals surface area contributed by atoms with Crippen LogP contribution >= 0.6 is 0 Å². The van der Waals surface area contributed by atoms with E-state index in [2.05, 4.69) is 4.52 Å². The highest BCUT2D eigenvalue weighted by Crippen LogP contribution is 2.23. The topological polar surface area (TPSA) is 120 Å². The van der Waals surface area contributed by atoms with Crippen LogP contribution in [0.5, 0.6) is 11.5 Å². The lowest BCUT2D eigenvalue weighted by Gasteiger charge is -2.07. The first-order valence-electron chi connectivity index (χ1n) is 6.51. The first-order valence-corrected chi connectivity index (χ1v) is 7.95. The number of rotatable bonds is 6. The number of sulfonamides is 1. The number of hydrogen-bond donors (Lipinski definition) is 2. The molecule has 2 rings (SSSR count). The van der Waals surface area contributed by atoms with Crippen molar-refractivity contribution < 1.29 is 18.4 Å². The van der Waals surface area contributed by atoms with Gasteiger partial charge in [0.05, 0.1) is 4.90 Å². The molecule has 0 amide bonds. The summed E-state index contributed by atoms with van der Waals surface area (Å²) in [5, 5.41) is 1.52. The molecular weight excluding hydrogens is 304 g/mol. The van der Waals surface area contributed by atoms with Gasteiger partial charge < -0.3 is 10.5 Å². The van der Waals surface area contributed by atoms with Crippen molar-refractivity contribution in [2.24, 2.45) is 10.3 Å². The molecule has 0 fully saturated rings. The fourth-order valence-electron chi connectivity index (χ4n) is 1.82. The molecule has 0 heterocycles. The van der Waals surface area contributed by atoms with E-state index in [0.29, 0.717) is 18.0 Å². The van der Waals surface area contributed by atoms with E-state index in [-0.39, 0.29) is 4.90 Å². The van der Waals surface area contributed by atoms with E-state index in [4.69, 9.17) is 16.3 Å². The van der Waals surface area contributed by atoms with Gasteiger partial charge in [0.1, 0.15) is 11.5 Å². The van der Waals surface area contributed by atoms with Crippen molar-refractivity contribution in [1.82, 2.24) is 0 Å². The number of ether oxygens (including phenoxy) is 1. The van der Waals surface area contributed by atoms with Gasteiger partial charge in [0, 0.05) is 0 Å². The highest BCUT2D eigenvalue weighted by atomic mass is 32.2. The summed E-state index contributed by atoms with van der Waals surface area (Å²) in [4.78, 5) is -0.0158. The molecule has 0 aliphatic rings. The minimum absolute atomic E-state index is 0.0158. The molecule has 0 saturated heterocycles. The van der Waals surface area contributed by atoms with E-state index in [9.17, 15) is 8.42 Å². The Kier molecular flexibility index (Phi) is 5.08. The molecule has 8 heteroatoms. The van der Waals surface area contributed by atoms with Crippen LogP contribution in [-0.4, -0.2) is 15.0 Å².